The summed E-state index contributed by atoms with van der Waals surface area (Å²) in [5, 5.41) is 3.66. The van der Waals surface area contributed by atoms with E-state index in [-0.39, 0.29) is 0 Å². The average molecular weight is 127 g/mol. The van der Waals surface area contributed by atoms with Crippen LogP contribution in [0.2, 0.25) is 0 Å². The molecule has 1 rings (SSSR count). The van der Waals surface area contributed by atoms with Crippen LogP contribution in [0.5, 0.6) is 0 Å². The monoisotopic (exact) mass is 127 g/mol. The van der Waals surface area contributed by atoms with E-state index in [1.807, 2.05) is 26.8 Å². The van der Waals surface area contributed by atoms with Crippen molar-refractivity contribution >= 4 is 0 Å². The number of nitrogens with zero attached hydrogens (tertiary/aromatic N) is 1. The van der Waals surface area contributed by atoms with Gasteiger partial charge < -0.3 is 4.52 Å². The highest BCUT2D eigenvalue weighted by molar-refractivity contribution is 4.93. The lowest BCUT2D eigenvalue weighted by atomic mass is 10.4. The highest BCUT2D eigenvalue weighted by Gasteiger charge is 1.86. The fourth-order valence-electron chi connectivity index (χ4n) is 0.420. The molecular formula is C7H13NO. The molecule has 2 nitrogen and oxygen atoms in total. The standard InChI is InChI=1S/C5H7NO.C2H6/c1-2-5-3-4-7-6-5;1-2/h3-4H,2H2,1H3;1-2H3. The molecule has 0 fully saturated rings. The molecule has 1 heterocycles. The van der Waals surface area contributed by atoms with Gasteiger partial charge in [-0.05, 0) is 6.42 Å². The molecule has 0 saturated carbocycles. The Morgan fingerprint density at radius 2 is 2.22 bits per heavy atom. The molecule has 0 spiro atoms. The van der Waals surface area contributed by atoms with E-state index in [0.717, 1.165) is 12.1 Å². The maximum absolute atomic E-state index is 4.56. The number of hydrogen-bond acceptors (Lipinski definition) is 2. The number of rotatable bonds is 1. The molecule has 0 N–H and O–H groups in total. The summed E-state index contributed by atoms with van der Waals surface area (Å²) in [7, 11) is 0. The normalized spacial score (nSPS) is 7.89. The van der Waals surface area contributed by atoms with Crippen LogP contribution in [0.1, 0.15) is 26.5 Å². The molecule has 0 aliphatic heterocycles. The van der Waals surface area contributed by atoms with Gasteiger partial charge in [0.2, 0.25) is 0 Å². The second-order valence-corrected chi connectivity index (χ2v) is 1.34. The Balaban J connectivity index is 0.000000291. The van der Waals surface area contributed by atoms with Gasteiger partial charge in [-0.2, -0.15) is 0 Å². The van der Waals surface area contributed by atoms with Gasteiger partial charge in [-0.15, -0.1) is 0 Å². The molecular weight excluding hydrogens is 114 g/mol. The van der Waals surface area contributed by atoms with E-state index >= 15 is 0 Å². The lowest BCUT2D eigenvalue weighted by Gasteiger charge is -1.74. The van der Waals surface area contributed by atoms with Crippen LogP contribution in [-0.4, -0.2) is 5.16 Å². The quantitative estimate of drug-likeness (QED) is 0.578. The fourth-order valence-corrected chi connectivity index (χ4v) is 0.420. The minimum absolute atomic E-state index is 0.955. The zero-order valence-electron chi connectivity index (χ0n) is 6.22. The molecule has 0 bridgehead atoms. The van der Waals surface area contributed by atoms with Crippen LogP contribution in [0.15, 0.2) is 16.9 Å². The van der Waals surface area contributed by atoms with Crippen LogP contribution in [0, 0.1) is 0 Å². The maximum atomic E-state index is 4.56. The van der Waals surface area contributed by atoms with Gasteiger partial charge in [-0.3, -0.25) is 0 Å². The van der Waals surface area contributed by atoms with Crippen molar-refractivity contribution in [1.82, 2.24) is 5.16 Å². The van der Waals surface area contributed by atoms with Gasteiger partial charge in [0.1, 0.15) is 6.26 Å². The molecule has 2 heteroatoms. The minimum Gasteiger partial charge on any atom is -0.365 e. The molecule has 0 aromatic carbocycles. The zero-order valence-corrected chi connectivity index (χ0v) is 6.22. The first-order valence-electron chi connectivity index (χ1n) is 3.32. The molecule has 0 unspecified atom stereocenters. The first kappa shape index (κ1) is 8.21. The predicted octanol–water partition coefficient (Wildman–Crippen LogP) is 2.26. The molecule has 1 aromatic rings. The van der Waals surface area contributed by atoms with Crippen LogP contribution in [0.3, 0.4) is 0 Å². The summed E-state index contributed by atoms with van der Waals surface area (Å²) in [6.07, 6.45) is 2.54. The van der Waals surface area contributed by atoms with E-state index in [0.29, 0.717) is 0 Å². The largest absolute Gasteiger partial charge is 0.365 e. The Bertz CT molecular complexity index is 123. The fraction of sp³-hybridized carbons (Fsp3) is 0.571. The third-order valence-electron chi connectivity index (χ3n) is 0.853. The Morgan fingerprint density at radius 3 is 2.44 bits per heavy atom. The lowest BCUT2D eigenvalue weighted by Crippen LogP contribution is -1.73. The van der Waals surface area contributed by atoms with Crippen LogP contribution < -0.4 is 0 Å². The Morgan fingerprint density at radius 1 is 1.56 bits per heavy atom. The third kappa shape index (κ3) is 2.90. The SMILES string of the molecule is CC.CCc1ccon1. The smallest absolute Gasteiger partial charge is 0.124 e. The van der Waals surface area contributed by atoms with Crippen LogP contribution in [0.4, 0.5) is 0 Å². The van der Waals surface area contributed by atoms with Crippen molar-refractivity contribution in [3.63, 3.8) is 0 Å². The van der Waals surface area contributed by atoms with E-state index in [1.165, 1.54) is 0 Å². The van der Waals surface area contributed by atoms with E-state index in [2.05, 4.69) is 9.68 Å². The third-order valence-corrected chi connectivity index (χ3v) is 0.853. The summed E-state index contributed by atoms with van der Waals surface area (Å²) in [6.45, 7) is 6.04. The topological polar surface area (TPSA) is 26.0 Å². The van der Waals surface area contributed by atoms with Gasteiger partial charge in [0.25, 0.3) is 0 Å². The van der Waals surface area contributed by atoms with Crippen molar-refractivity contribution in [2.75, 3.05) is 0 Å². The number of aromatic nitrogens is 1. The van der Waals surface area contributed by atoms with E-state index in [4.69, 9.17) is 0 Å². The van der Waals surface area contributed by atoms with Gasteiger partial charge in [0, 0.05) is 6.07 Å². The molecule has 9 heavy (non-hydrogen) atoms. The van der Waals surface area contributed by atoms with E-state index in [9.17, 15) is 0 Å². The molecule has 0 atom stereocenters. The van der Waals surface area contributed by atoms with Crippen molar-refractivity contribution in [3.05, 3.63) is 18.0 Å². The van der Waals surface area contributed by atoms with Gasteiger partial charge in [0.15, 0.2) is 0 Å². The first-order valence-corrected chi connectivity index (χ1v) is 3.32. The zero-order chi connectivity index (χ0) is 7.11. The van der Waals surface area contributed by atoms with Crippen molar-refractivity contribution in [1.29, 1.82) is 0 Å². The van der Waals surface area contributed by atoms with E-state index in [1.54, 1.807) is 6.26 Å². The highest BCUT2D eigenvalue weighted by atomic mass is 16.5. The molecule has 0 aliphatic rings. The number of hydrogen-bond donors (Lipinski definition) is 0. The summed E-state index contributed by atoms with van der Waals surface area (Å²) in [5.74, 6) is 0. The Hall–Kier alpha value is -0.790. The summed E-state index contributed by atoms with van der Waals surface area (Å²) < 4.78 is 4.56. The first-order chi connectivity index (χ1) is 4.43. The van der Waals surface area contributed by atoms with Crippen molar-refractivity contribution in [2.24, 2.45) is 0 Å². The summed E-state index contributed by atoms with van der Waals surface area (Å²) in [6, 6.07) is 1.86. The second-order valence-electron chi connectivity index (χ2n) is 1.34. The van der Waals surface area contributed by atoms with Crippen LogP contribution in [0.25, 0.3) is 0 Å². The minimum atomic E-state index is 0.955. The van der Waals surface area contributed by atoms with Crippen LogP contribution >= 0.6 is 0 Å². The maximum Gasteiger partial charge on any atom is 0.124 e. The van der Waals surface area contributed by atoms with Gasteiger partial charge >= 0.3 is 0 Å². The molecule has 1 aromatic heterocycles. The van der Waals surface area contributed by atoms with Crippen molar-refractivity contribution < 1.29 is 4.52 Å². The molecule has 0 radical (unpaired) electrons. The number of aryl methyl sites for hydroxylation is 1. The molecule has 0 saturated heterocycles. The summed E-state index contributed by atoms with van der Waals surface area (Å²) >= 11 is 0. The van der Waals surface area contributed by atoms with Crippen molar-refractivity contribution in [2.45, 2.75) is 27.2 Å². The summed E-state index contributed by atoms with van der Waals surface area (Å²) in [5.41, 5.74) is 1.01. The van der Waals surface area contributed by atoms with E-state index < -0.39 is 0 Å². The van der Waals surface area contributed by atoms with Crippen LogP contribution in [-0.2, 0) is 6.42 Å². The Kier molecular flexibility index (Phi) is 4.88. The molecule has 0 aliphatic carbocycles. The van der Waals surface area contributed by atoms with Gasteiger partial charge in [-0.25, -0.2) is 0 Å². The van der Waals surface area contributed by atoms with Crippen molar-refractivity contribution in [3.8, 4) is 0 Å². The second kappa shape index (κ2) is 5.35. The summed E-state index contributed by atoms with van der Waals surface area (Å²) in [4.78, 5) is 0. The Labute approximate surface area is 55.9 Å². The molecule has 52 valence electrons. The van der Waals surface area contributed by atoms with Gasteiger partial charge in [0.05, 0.1) is 5.69 Å². The predicted molar refractivity (Wildman–Crippen MR) is 37.2 cm³/mol. The highest BCUT2D eigenvalue weighted by Crippen LogP contribution is 1.92. The van der Waals surface area contributed by atoms with Gasteiger partial charge in [-0.1, -0.05) is 25.9 Å². The average Bonchev–Trinajstić information content (AvgIpc) is 2.43. The lowest BCUT2D eigenvalue weighted by molar-refractivity contribution is 0.412. The molecule has 0 amide bonds.